The van der Waals surface area contributed by atoms with Gasteiger partial charge in [-0.1, -0.05) is 188 Å². The Morgan fingerprint density at radius 2 is 0.600 bits per heavy atom. The highest BCUT2D eigenvalue weighted by Crippen LogP contribution is 2.55. The lowest BCUT2D eigenvalue weighted by molar-refractivity contribution is 1.58. The van der Waals surface area contributed by atoms with E-state index >= 15 is 0 Å². The Morgan fingerprint density at radius 3 is 1.26 bits per heavy atom. The van der Waals surface area contributed by atoms with Crippen molar-refractivity contribution >= 4 is 108 Å². The Morgan fingerprint density at radius 1 is 0.143 bits per heavy atom. The summed E-state index contributed by atoms with van der Waals surface area (Å²) in [5.74, 6) is 0. The molecule has 0 atom stereocenters. The molecule has 16 aromatic rings. The van der Waals surface area contributed by atoms with Gasteiger partial charge in [-0.05, 0) is 218 Å². The molecule has 320 valence electrons. The van der Waals surface area contributed by atoms with Gasteiger partial charge >= 0.3 is 0 Å². The van der Waals surface area contributed by atoms with Gasteiger partial charge in [-0.15, -0.1) is 0 Å². The summed E-state index contributed by atoms with van der Waals surface area (Å²) in [6.07, 6.45) is 0. The van der Waals surface area contributed by atoms with Crippen molar-refractivity contribution in [3.05, 3.63) is 243 Å². The van der Waals surface area contributed by atoms with E-state index in [9.17, 15) is 0 Å². The molecule has 0 bridgehead atoms. The average molecular weight is 881 g/mol. The highest BCUT2D eigenvalue weighted by atomic mass is 14.3. The first-order valence-corrected chi connectivity index (χ1v) is 24.5. The summed E-state index contributed by atoms with van der Waals surface area (Å²) < 4.78 is 0. The smallest absolute Gasteiger partial charge is 0.000719 e. The predicted octanol–water partition coefficient (Wildman–Crippen LogP) is 19.9. The van der Waals surface area contributed by atoms with Crippen molar-refractivity contribution < 1.29 is 0 Å². The zero-order valence-electron chi connectivity index (χ0n) is 38.1. The van der Waals surface area contributed by atoms with Crippen molar-refractivity contribution in [2.24, 2.45) is 0 Å². The van der Waals surface area contributed by atoms with Crippen LogP contribution >= 0.6 is 0 Å². The maximum atomic E-state index is 2.57. The van der Waals surface area contributed by atoms with E-state index in [4.69, 9.17) is 0 Å². The van der Waals surface area contributed by atoms with Gasteiger partial charge in [0.25, 0.3) is 0 Å². The quantitative estimate of drug-likeness (QED) is 0.151. The molecule has 0 N–H and O–H groups in total. The van der Waals surface area contributed by atoms with Crippen molar-refractivity contribution in [1.29, 1.82) is 0 Å². The Kier molecular flexibility index (Phi) is 7.70. The zero-order chi connectivity index (χ0) is 45.6. The molecule has 0 heterocycles. The maximum absolute atomic E-state index is 2.57. The SMILES string of the molecule is c1ccc(-c2cc(-c3ccccc3)cc(-c3cc4ccc5ccc6c7cc8c(-c9ccccc9)c9c%10cc%11ccccc%11c%11cccc(c9c(-c9ccccc9)c8cc7c7cc(c3)c4c5c67)c%11%10)c2)cc1. The molecule has 16 rings (SSSR count). The maximum Gasteiger partial charge on any atom is -0.000719 e. The summed E-state index contributed by atoms with van der Waals surface area (Å²) in [5.41, 5.74) is 12.4. The summed E-state index contributed by atoms with van der Waals surface area (Å²) in [7, 11) is 0. The van der Waals surface area contributed by atoms with E-state index in [1.54, 1.807) is 0 Å². The molecule has 0 fully saturated rings. The van der Waals surface area contributed by atoms with Gasteiger partial charge in [-0.3, -0.25) is 0 Å². The molecule has 0 saturated heterocycles. The highest BCUT2D eigenvalue weighted by molar-refractivity contribution is 6.45. The number of hydrogen-bond donors (Lipinski definition) is 0. The molecular formula is C70H40. The van der Waals surface area contributed by atoms with Crippen LogP contribution in [0.5, 0.6) is 0 Å². The zero-order valence-corrected chi connectivity index (χ0v) is 38.1. The van der Waals surface area contributed by atoms with Crippen molar-refractivity contribution in [2.75, 3.05) is 0 Å². The first-order chi connectivity index (χ1) is 34.7. The largest absolute Gasteiger partial charge is 0.0622 e. The van der Waals surface area contributed by atoms with Crippen molar-refractivity contribution in [3.8, 4) is 55.6 Å². The molecule has 0 saturated carbocycles. The Balaban J connectivity index is 1.05. The molecule has 16 aromatic carbocycles. The lowest BCUT2D eigenvalue weighted by atomic mass is 9.85. The molecule has 0 radical (unpaired) electrons. The third kappa shape index (κ3) is 5.25. The van der Waals surface area contributed by atoms with Crippen LogP contribution in [0.25, 0.3) is 163 Å². The van der Waals surface area contributed by atoms with Gasteiger partial charge in [0, 0.05) is 0 Å². The fraction of sp³-hybridized carbons (Fsp3) is 0. The van der Waals surface area contributed by atoms with E-state index in [2.05, 4.69) is 243 Å². The third-order valence-electron chi connectivity index (χ3n) is 15.8. The summed E-state index contributed by atoms with van der Waals surface area (Å²) in [6.45, 7) is 0. The van der Waals surface area contributed by atoms with Crippen LogP contribution in [-0.4, -0.2) is 0 Å². The molecule has 70 heavy (non-hydrogen) atoms. The number of rotatable bonds is 5. The summed E-state index contributed by atoms with van der Waals surface area (Å²) in [6, 6.07) is 91.4. The number of fused-ring (bicyclic) bond motifs is 9. The minimum absolute atomic E-state index is 1.22. The van der Waals surface area contributed by atoms with Crippen LogP contribution in [0.1, 0.15) is 0 Å². The van der Waals surface area contributed by atoms with Gasteiger partial charge in [0.2, 0.25) is 0 Å². The molecule has 0 unspecified atom stereocenters. The lowest BCUT2D eigenvalue weighted by Crippen LogP contribution is -1.90. The van der Waals surface area contributed by atoms with Crippen LogP contribution in [0, 0.1) is 0 Å². The Labute approximate surface area is 403 Å². The topological polar surface area (TPSA) is 0 Å². The van der Waals surface area contributed by atoms with E-state index in [-0.39, 0.29) is 0 Å². The van der Waals surface area contributed by atoms with Crippen molar-refractivity contribution in [2.45, 2.75) is 0 Å². The van der Waals surface area contributed by atoms with Crippen molar-refractivity contribution in [1.82, 2.24) is 0 Å². The number of benzene rings is 14. The first kappa shape index (κ1) is 37.9. The van der Waals surface area contributed by atoms with E-state index in [1.807, 2.05) is 0 Å². The molecule has 0 aliphatic carbocycles. The fourth-order valence-corrected chi connectivity index (χ4v) is 12.8. The third-order valence-corrected chi connectivity index (χ3v) is 15.8. The van der Waals surface area contributed by atoms with Gasteiger partial charge in [0.1, 0.15) is 0 Å². The summed E-state index contributed by atoms with van der Waals surface area (Å²) in [5, 5.41) is 26.2. The van der Waals surface area contributed by atoms with Gasteiger partial charge in [0.15, 0.2) is 0 Å². The molecular weight excluding hydrogens is 841 g/mol. The minimum Gasteiger partial charge on any atom is -0.0622 e. The van der Waals surface area contributed by atoms with Crippen LogP contribution in [0.3, 0.4) is 0 Å². The van der Waals surface area contributed by atoms with E-state index < -0.39 is 0 Å². The van der Waals surface area contributed by atoms with Crippen LogP contribution in [0.4, 0.5) is 0 Å². The van der Waals surface area contributed by atoms with E-state index in [0.29, 0.717) is 0 Å². The van der Waals surface area contributed by atoms with Gasteiger partial charge < -0.3 is 0 Å². The van der Waals surface area contributed by atoms with Crippen LogP contribution in [0.15, 0.2) is 243 Å². The van der Waals surface area contributed by atoms with E-state index in [0.717, 1.165) is 0 Å². The molecule has 0 aromatic heterocycles. The van der Waals surface area contributed by atoms with Crippen molar-refractivity contribution in [3.63, 3.8) is 0 Å². The van der Waals surface area contributed by atoms with Gasteiger partial charge in [-0.25, -0.2) is 0 Å². The minimum atomic E-state index is 1.22. The van der Waals surface area contributed by atoms with Gasteiger partial charge in [0.05, 0.1) is 0 Å². The molecule has 0 spiro atoms. The van der Waals surface area contributed by atoms with E-state index in [1.165, 1.54) is 163 Å². The normalized spacial score (nSPS) is 12.3. The second kappa shape index (κ2) is 14.2. The molecule has 0 heteroatoms. The standard InChI is InChI=1S/C70H40/c1-5-16-41(17-6-1)48-33-49(42-18-7-2-8-19-42)35-51(34-48)50-32-47-29-28-45-30-31-55-57-39-60-61(40-58(57)59-38-52(36-50)63(47)66(45)68(55)59)64(43-20-9-3-10-21-43)69-56-27-15-26-54-53-25-14-13-24-46(53)37-62(67(54)56)70(69)65(60)44-22-11-4-12-23-44/h1-40H. The fourth-order valence-electron chi connectivity index (χ4n) is 12.8. The lowest BCUT2D eigenvalue weighted by Gasteiger charge is -2.17. The van der Waals surface area contributed by atoms with Crippen LogP contribution < -0.4 is 0 Å². The molecule has 0 amide bonds. The molecule has 0 aliphatic rings. The monoisotopic (exact) mass is 880 g/mol. The average Bonchev–Trinajstić information content (AvgIpc) is 3.92. The molecule has 0 aliphatic heterocycles. The Bertz CT molecular complexity index is 4700. The Hall–Kier alpha value is -9.10. The van der Waals surface area contributed by atoms with Gasteiger partial charge in [-0.2, -0.15) is 0 Å². The predicted molar refractivity (Wildman–Crippen MR) is 302 cm³/mol. The second-order valence-corrected chi connectivity index (χ2v) is 19.5. The van der Waals surface area contributed by atoms with Crippen LogP contribution in [0.2, 0.25) is 0 Å². The summed E-state index contributed by atoms with van der Waals surface area (Å²) in [4.78, 5) is 0. The molecule has 0 nitrogen and oxygen atoms in total. The highest BCUT2D eigenvalue weighted by Gasteiger charge is 2.26. The summed E-state index contributed by atoms with van der Waals surface area (Å²) >= 11 is 0. The first-order valence-electron chi connectivity index (χ1n) is 24.5. The second-order valence-electron chi connectivity index (χ2n) is 19.5. The van der Waals surface area contributed by atoms with Crippen LogP contribution in [-0.2, 0) is 0 Å². The number of hydrogen-bond acceptors (Lipinski definition) is 0.